The van der Waals surface area contributed by atoms with Crippen molar-refractivity contribution in [2.45, 2.75) is 32.9 Å². The zero-order valence-electron chi connectivity index (χ0n) is 19.2. The maximum Gasteiger partial charge on any atom is 0.243 e. The number of amides is 2. The molecule has 1 atom stereocenters. The van der Waals surface area contributed by atoms with E-state index in [-0.39, 0.29) is 30.7 Å². The lowest BCUT2D eigenvalue weighted by Gasteiger charge is -2.22. The second-order valence-electron chi connectivity index (χ2n) is 8.62. The summed E-state index contributed by atoms with van der Waals surface area (Å²) in [5.41, 5.74) is 1.89. The predicted molar refractivity (Wildman–Crippen MR) is 130 cm³/mol. The van der Waals surface area contributed by atoms with E-state index in [4.69, 9.17) is 0 Å². The molecule has 0 spiro atoms. The Balaban J connectivity index is 1.36. The Hall–Kier alpha value is -4.00. The van der Waals surface area contributed by atoms with E-state index in [1.165, 1.54) is 12.4 Å². The number of halogens is 1. The second kappa shape index (κ2) is 10.3. The van der Waals surface area contributed by atoms with E-state index < -0.39 is 11.9 Å². The molecule has 7 heteroatoms. The van der Waals surface area contributed by atoms with Crippen molar-refractivity contribution in [1.82, 2.24) is 20.2 Å². The molecular formula is C27H27FN4O2. The van der Waals surface area contributed by atoms with Crippen LogP contribution < -0.4 is 10.6 Å². The summed E-state index contributed by atoms with van der Waals surface area (Å²) in [6, 6.07) is 18.0. The second-order valence-corrected chi connectivity index (χ2v) is 8.62. The number of carbonyl (C=O) groups is 2. The minimum atomic E-state index is -0.692. The van der Waals surface area contributed by atoms with E-state index in [9.17, 15) is 14.0 Å². The van der Waals surface area contributed by atoms with E-state index in [0.29, 0.717) is 11.3 Å². The number of imidazole rings is 1. The van der Waals surface area contributed by atoms with Gasteiger partial charge in [0.25, 0.3) is 0 Å². The van der Waals surface area contributed by atoms with Crippen molar-refractivity contribution >= 4 is 22.6 Å². The SMILES string of the molecule is CC(C)C(NC(=O)Cc1ccc2ccccc2c1)C(=O)NCc1ccc(-n2ccnc2)c(F)c1. The number of rotatable bonds is 8. The predicted octanol–water partition coefficient (Wildman–Crippen LogP) is 4.16. The molecule has 0 aliphatic heterocycles. The maximum atomic E-state index is 14.5. The van der Waals surface area contributed by atoms with Gasteiger partial charge in [0.15, 0.2) is 0 Å². The quantitative estimate of drug-likeness (QED) is 0.416. The van der Waals surface area contributed by atoms with E-state index >= 15 is 0 Å². The number of nitrogens with one attached hydrogen (secondary N) is 2. The van der Waals surface area contributed by atoms with Crippen molar-refractivity contribution in [2.75, 3.05) is 0 Å². The first-order chi connectivity index (χ1) is 16.4. The molecule has 1 aromatic heterocycles. The smallest absolute Gasteiger partial charge is 0.243 e. The van der Waals surface area contributed by atoms with Crippen molar-refractivity contribution in [2.24, 2.45) is 5.92 Å². The molecule has 34 heavy (non-hydrogen) atoms. The van der Waals surface area contributed by atoms with Crippen LogP contribution in [0.25, 0.3) is 16.5 Å². The van der Waals surface area contributed by atoms with Crippen LogP contribution in [0, 0.1) is 11.7 Å². The van der Waals surface area contributed by atoms with Crippen molar-refractivity contribution < 1.29 is 14.0 Å². The standard InChI is InChI=1S/C27H27FN4O2/c1-18(2)26(31-25(33)15-19-7-9-21-5-3-4-6-22(21)13-19)27(34)30-16-20-8-10-24(23(28)14-20)32-12-11-29-17-32/h3-14,17-18,26H,15-16H2,1-2H3,(H,30,34)(H,31,33). The lowest BCUT2D eigenvalue weighted by Crippen LogP contribution is -2.49. The van der Waals surface area contributed by atoms with E-state index in [1.54, 1.807) is 29.1 Å². The molecule has 0 saturated carbocycles. The molecule has 2 N–H and O–H groups in total. The molecule has 2 amide bonds. The zero-order chi connectivity index (χ0) is 24.1. The summed E-state index contributed by atoms with van der Waals surface area (Å²) in [7, 11) is 0. The summed E-state index contributed by atoms with van der Waals surface area (Å²) >= 11 is 0. The van der Waals surface area contributed by atoms with Crippen molar-refractivity contribution in [3.63, 3.8) is 0 Å². The molecule has 6 nitrogen and oxygen atoms in total. The Kier molecular flexibility index (Phi) is 7.01. The minimum absolute atomic E-state index is 0.110. The number of aromatic nitrogens is 2. The van der Waals surface area contributed by atoms with Gasteiger partial charge in [0.2, 0.25) is 11.8 Å². The highest BCUT2D eigenvalue weighted by molar-refractivity contribution is 5.89. The molecule has 0 saturated heterocycles. The largest absolute Gasteiger partial charge is 0.350 e. The van der Waals surface area contributed by atoms with Crippen LogP contribution in [0.5, 0.6) is 0 Å². The van der Waals surface area contributed by atoms with Gasteiger partial charge < -0.3 is 15.2 Å². The summed E-state index contributed by atoms with van der Waals surface area (Å²) < 4.78 is 16.1. The number of hydrogen-bond donors (Lipinski definition) is 2. The van der Waals surface area contributed by atoms with Crippen molar-refractivity contribution in [3.8, 4) is 5.69 Å². The third kappa shape index (κ3) is 5.49. The Morgan fingerprint density at radius 2 is 1.76 bits per heavy atom. The number of hydrogen-bond acceptors (Lipinski definition) is 3. The molecule has 1 heterocycles. The third-order valence-corrected chi connectivity index (χ3v) is 5.71. The Morgan fingerprint density at radius 3 is 2.47 bits per heavy atom. The average Bonchev–Trinajstić information content (AvgIpc) is 3.35. The van der Waals surface area contributed by atoms with Gasteiger partial charge in [-0.15, -0.1) is 0 Å². The van der Waals surface area contributed by atoms with Crippen LogP contribution in [-0.2, 0) is 22.6 Å². The van der Waals surface area contributed by atoms with Crippen molar-refractivity contribution in [3.05, 3.63) is 96.3 Å². The highest BCUT2D eigenvalue weighted by Crippen LogP contribution is 2.17. The molecule has 4 rings (SSSR count). The average molecular weight is 459 g/mol. The van der Waals surface area contributed by atoms with Crippen LogP contribution in [-0.4, -0.2) is 27.4 Å². The van der Waals surface area contributed by atoms with Crippen LogP contribution in [0.4, 0.5) is 4.39 Å². The molecule has 1 unspecified atom stereocenters. The first-order valence-corrected chi connectivity index (χ1v) is 11.2. The molecule has 4 aromatic rings. The minimum Gasteiger partial charge on any atom is -0.350 e. The van der Waals surface area contributed by atoms with Crippen LogP contribution in [0.1, 0.15) is 25.0 Å². The van der Waals surface area contributed by atoms with E-state index in [2.05, 4.69) is 15.6 Å². The third-order valence-electron chi connectivity index (χ3n) is 5.71. The normalized spacial score (nSPS) is 12.0. The molecule has 0 aliphatic carbocycles. The van der Waals surface area contributed by atoms with Gasteiger partial charge in [0.1, 0.15) is 11.9 Å². The lowest BCUT2D eigenvalue weighted by molar-refractivity contribution is -0.129. The highest BCUT2D eigenvalue weighted by atomic mass is 19.1. The van der Waals surface area contributed by atoms with Gasteiger partial charge in [-0.05, 0) is 39.9 Å². The molecular weight excluding hydrogens is 431 g/mol. The fourth-order valence-corrected chi connectivity index (χ4v) is 3.86. The Bertz CT molecular complexity index is 1300. The Morgan fingerprint density at radius 1 is 1.00 bits per heavy atom. The fourth-order valence-electron chi connectivity index (χ4n) is 3.86. The fraction of sp³-hybridized carbons (Fsp3) is 0.222. The van der Waals surface area contributed by atoms with Gasteiger partial charge >= 0.3 is 0 Å². The van der Waals surface area contributed by atoms with Crippen LogP contribution in [0.2, 0.25) is 0 Å². The number of carbonyl (C=O) groups excluding carboxylic acids is 2. The summed E-state index contributed by atoms with van der Waals surface area (Å²) in [6.45, 7) is 3.91. The molecule has 0 fully saturated rings. The summed E-state index contributed by atoms with van der Waals surface area (Å²) in [5.74, 6) is -1.05. The highest BCUT2D eigenvalue weighted by Gasteiger charge is 2.24. The van der Waals surface area contributed by atoms with Crippen LogP contribution >= 0.6 is 0 Å². The van der Waals surface area contributed by atoms with Gasteiger partial charge in [-0.3, -0.25) is 9.59 Å². The number of fused-ring (bicyclic) bond motifs is 1. The molecule has 174 valence electrons. The first-order valence-electron chi connectivity index (χ1n) is 11.2. The lowest BCUT2D eigenvalue weighted by atomic mass is 10.0. The van der Waals surface area contributed by atoms with Crippen LogP contribution in [0.3, 0.4) is 0 Å². The van der Waals surface area contributed by atoms with Crippen molar-refractivity contribution in [1.29, 1.82) is 0 Å². The maximum absolute atomic E-state index is 14.5. The van der Waals surface area contributed by atoms with Gasteiger partial charge in [-0.25, -0.2) is 9.37 Å². The zero-order valence-corrected chi connectivity index (χ0v) is 19.2. The van der Waals surface area contributed by atoms with Gasteiger partial charge in [-0.1, -0.05) is 62.4 Å². The van der Waals surface area contributed by atoms with E-state index in [0.717, 1.165) is 16.3 Å². The topological polar surface area (TPSA) is 76.0 Å². The summed E-state index contributed by atoms with van der Waals surface area (Å²) in [6.07, 6.45) is 4.94. The summed E-state index contributed by atoms with van der Waals surface area (Å²) in [4.78, 5) is 29.4. The van der Waals surface area contributed by atoms with Crippen LogP contribution in [0.15, 0.2) is 79.4 Å². The van der Waals surface area contributed by atoms with Gasteiger partial charge in [0, 0.05) is 18.9 Å². The molecule has 3 aromatic carbocycles. The molecule has 0 bridgehead atoms. The molecule has 0 aliphatic rings. The van der Waals surface area contributed by atoms with Gasteiger partial charge in [-0.2, -0.15) is 0 Å². The van der Waals surface area contributed by atoms with E-state index in [1.807, 2.05) is 56.3 Å². The monoisotopic (exact) mass is 458 g/mol. The molecule has 0 radical (unpaired) electrons. The first kappa shape index (κ1) is 23.2. The number of nitrogens with zero attached hydrogens (tertiary/aromatic N) is 2. The number of benzene rings is 3. The summed E-state index contributed by atoms with van der Waals surface area (Å²) in [5, 5.41) is 7.85. The Labute approximate surface area is 197 Å². The van der Waals surface area contributed by atoms with Gasteiger partial charge in [0.05, 0.1) is 18.4 Å².